The SMILES string of the molecule is CCC1CC(N[C@H](C)c2ccncc2)CCO1. The van der Waals surface area contributed by atoms with Gasteiger partial charge in [0, 0.05) is 31.1 Å². The molecule has 3 nitrogen and oxygen atoms in total. The van der Waals surface area contributed by atoms with E-state index < -0.39 is 0 Å². The molecule has 1 aromatic heterocycles. The number of pyridine rings is 1. The molecule has 1 aliphatic rings. The number of hydrogen-bond donors (Lipinski definition) is 1. The minimum absolute atomic E-state index is 0.388. The molecule has 0 amide bonds. The van der Waals surface area contributed by atoms with Crippen LogP contribution in [0.15, 0.2) is 24.5 Å². The van der Waals surface area contributed by atoms with Gasteiger partial charge in [-0.15, -0.1) is 0 Å². The van der Waals surface area contributed by atoms with E-state index in [0.717, 1.165) is 25.9 Å². The minimum Gasteiger partial charge on any atom is -0.378 e. The quantitative estimate of drug-likeness (QED) is 0.869. The summed E-state index contributed by atoms with van der Waals surface area (Å²) >= 11 is 0. The molecule has 3 atom stereocenters. The average Bonchev–Trinajstić information content (AvgIpc) is 2.40. The van der Waals surface area contributed by atoms with Gasteiger partial charge in [-0.1, -0.05) is 6.92 Å². The first-order chi connectivity index (χ1) is 8.29. The molecular weight excluding hydrogens is 212 g/mol. The number of nitrogens with one attached hydrogen (secondary N) is 1. The summed E-state index contributed by atoms with van der Waals surface area (Å²) in [4.78, 5) is 4.05. The van der Waals surface area contributed by atoms with E-state index in [1.54, 1.807) is 0 Å². The van der Waals surface area contributed by atoms with Crippen LogP contribution in [0.3, 0.4) is 0 Å². The van der Waals surface area contributed by atoms with Crippen molar-refractivity contribution < 1.29 is 4.74 Å². The zero-order valence-corrected chi connectivity index (χ0v) is 10.7. The summed E-state index contributed by atoms with van der Waals surface area (Å²) in [6.45, 7) is 5.30. The molecule has 0 aliphatic carbocycles. The van der Waals surface area contributed by atoms with Crippen LogP contribution in [0.5, 0.6) is 0 Å². The van der Waals surface area contributed by atoms with Gasteiger partial charge in [0.25, 0.3) is 0 Å². The van der Waals surface area contributed by atoms with Crippen LogP contribution < -0.4 is 5.32 Å². The van der Waals surface area contributed by atoms with Crippen LogP contribution in [-0.4, -0.2) is 23.7 Å². The summed E-state index contributed by atoms with van der Waals surface area (Å²) < 4.78 is 5.69. The van der Waals surface area contributed by atoms with Gasteiger partial charge in [-0.05, 0) is 43.9 Å². The van der Waals surface area contributed by atoms with Crippen molar-refractivity contribution in [3.05, 3.63) is 30.1 Å². The summed E-state index contributed by atoms with van der Waals surface area (Å²) in [6.07, 6.45) is 7.50. The molecule has 0 bridgehead atoms. The highest BCUT2D eigenvalue weighted by atomic mass is 16.5. The second-order valence-corrected chi connectivity index (χ2v) is 4.79. The van der Waals surface area contributed by atoms with Crippen LogP contribution in [0.25, 0.3) is 0 Å². The van der Waals surface area contributed by atoms with Gasteiger partial charge >= 0.3 is 0 Å². The molecule has 1 aromatic rings. The lowest BCUT2D eigenvalue weighted by Crippen LogP contribution is -2.39. The highest BCUT2D eigenvalue weighted by molar-refractivity contribution is 5.14. The monoisotopic (exact) mass is 234 g/mol. The topological polar surface area (TPSA) is 34.2 Å². The van der Waals surface area contributed by atoms with Crippen LogP contribution in [0, 0.1) is 0 Å². The van der Waals surface area contributed by atoms with Crippen molar-refractivity contribution in [2.24, 2.45) is 0 Å². The summed E-state index contributed by atoms with van der Waals surface area (Å²) in [5.74, 6) is 0. The van der Waals surface area contributed by atoms with Crippen LogP contribution in [0.1, 0.15) is 44.7 Å². The molecule has 1 fully saturated rings. The van der Waals surface area contributed by atoms with E-state index in [0.29, 0.717) is 18.2 Å². The van der Waals surface area contributed by atoms with Gasteiger partial charge in [0.05, 0.1) is 6.10 Å². The van der Waals surface area contributed by atoms with E-state index in [1.165, 1.54) is 5.56 Å². The maximum absolute atomic E-state index is 5.69. The maximum atomic E-state index is 5.69. The van der Waals surface area contributed by atoms with Crippen molar-refractivity contribution in [2.45, 2.75) is 51.3 Å². The number of nitrogens with zero attached hydrogens (tertiary/aromatic N) is 1. The smallest absolute Gasteiger partial charge is 0.0587 e. The molecule has 2 heterocycles. The van der Waals surface area contributed by atoms with Crippen molar-refractivity contribution >= 4 is 0 Å². The van der Waals surface area contributed by atoms with Gasteiger partial charge in [-0.3, -0.25) is 4.98 Å². The molecule has 2 unspecified atom stereocenters. The Labute approximate surface area is 104 Å². The highest BCUT2D eigenvalue weighted by Crippen LogP contribution is 2.20. The minimum atomic E-state index is 0.388. The highest BCUT2D eigenvalue weighted by Gasteiger charge is 2.22. The number of ether oxygens (including phenoxy) is 1. The second-order valence-electron chi connectivity index (χ2n) is 4.79. The predicted molar refractivity (Wildman–Crippen MR) is 68.8 cm³/mol. The molecule has 1 N–H and O–H groups in total. The summed E-state index contributed by atoms with van der Waals surface area (Å²) in [7, 11) is 0. The fraction of sp³-hybridized carbons (Fsp3) is 0.643. The molecule has 0 saturated carbocycles. The molecule has 3 heteroatoms. The Hall–Kier alpha value is -0.930. The molecule has 1 saturated heterocycles. The second kappa shape index (κ2) is 6.12. The fourth-order valence-corrected chi connectivity index (χ4v) is 2.42. The number of hydrogen-bond acceptors (Lipinski definition) is 3. The normalized spacial score (nSPS) is 26.7. The first kappa shape index (κ1) is 12.5. The van der Waals surface area contributed by atoms with E-state index >= 15 is 0 Å². The standard InChI is InChI=1S/C14H22N2O/c1-3-14-10-13(6-9-17-14)16-11(2)12-4-7-15-8-5-12/h4-5,7-8,11,13-14,16H,3,6,9-10H2,1-2H3/t11-,13?,14?/m1/s1. The third kappa shape index (κ3) is 3.51. The van der Waals surface area contributed by atoms with E-state index in [2.05, 4.69) is 36.3 Å². The number of aromatic nitrogens is 1. The van der Waals surface area contributed by atoms with E-state index in [1.807, 2.05) is 12.4 Å². The Morgan fingerprint density at radius 3 is 2.94 bits per heavy atom. The van der Waals surface area contributed by atoms with Gasteiger partial charge in [0.2, 0.25) is 0 Å². The zero-order chi connectivity index (χ0) is 12.1. The van der Waals surface area contributed by atoms with Crippen molar-refractivity contribution in [1.82, 2.24) is 10.3 Å². The average molecular weight is 234 g/mol. The Morgan fingerprint density at radius 2 is 2.24 bits per heavy atom. The molecule has 94 valence electrons. The molecule has 0 spiro atoms. The molecule has 17 heavy (non-hydrogen) atoms. The first-order valence-electron chi connectivity index (χ1n) is 6.57. The third-order valence-electron chi connectivity index (χ3n) is 3.51. The Bertz CT molecular complexity index is 328. The van der Waals surface area contributed by atoms with Gasteiger partial charge in [0.15, 0.2) is 0 Å². The molecule has 2 rings (SSSR count). The molecular formula is C14H22N2O. The third-order valence-corrected chi connectivity index (χ3v) is 3.51. The summed E-state index contributed by atoms with van der Waals surface area (Å²) in [5, 5.41) is 3.69. The number of rotatable bonds is 4. The van der Waals surface area contributed by atoms with Crippen molar-refractivity contribution in [3.63, 3.8) is 0 Å². The van der Waals surface area contributed by atoms with E-state index in [-0.39, 0.29) is 0 Å². The van der Waals surface area contributed by atoms with Crippen LogP contribution >= 0.6 is 0 Å². The molecule has 0 aromatic carbocycles. The molecule has 1 aliphatic heterocycles. The largest absolute Gasteiger partial charge is 0.378 e. The van der Waals surface area contributed by atoms with E-state index in [4.69, 9.17) is 4.74 Å². The lowest BCUT2D eigenvalue weighted by molar-refractivity contribution is -0.00165. The summed E-state index contributed by atoms with van der Waals surface area (Å²) in [5.41, 5.74) is 1.31. The van der Waals surface area contributed by atoms with Crippen LogP contribution in [-0.2, 0) is 4.74 Å². The first-order valence-corrected chi connectivity index (χ1v) is 6.57. The Kier molecular flexibility index (Phi) is 4.51. The van der Waals surface area contributed by atoms with Crippen molar-refractivity contribution in [3.8, 4) is 0 Å². The van der Waals surface area contributed by atoms with Gasteiger partial charge < -0.3 is 10.1 Å². The summed E-state index contributed by atoms with van der Waals surface area (Å²) in [6, 6.07) is 5.12. The Balaban J connectivity index is 1.88. The fourth-order valence-electron chi connectivity index (χ4n) is 2.42. The zero-order valence-electron chi connectivity index (χ0n) is 10.7. The lowest BCUT2D eigenvalue weighted by atomic mass is 9.99. The van der Waals surface area contributed by atoms with Gasteiger partial charge in [-0.2, -0.15) is 0 Å². The van der Waals surface area contributed by atoms with Crippen molar-refractivity contribution in [2.75, 3.05) is 6.61 Å². The lowest BCUT2D eigenvalue weighted by Gasteiger charge is -2.31. The molecule has 0 radical (unpaired) electrons. The van der Waals surface area contributed by atoms with E-state index in [9.17, 15) is 0 Å². The van der Waals surface area contributed by atoms with Crippen LogP contribution in [0.2, 0.25) is 0 Å². The van der Waals surface area contributed by atoms with Gasteiger partial charge in [-0.25, -0.2) is 0 Å². The van der Waals surface area contributed by atoms with Crippen molar-refractivity contribution in [1.29, 1.82) is 0 Å². The Morgan fingerprint density at radius 1 is 1.47 bits per heavy atom. The maximum Gasteiger partial charge on any atom is 0.0587 e. The predicted octanol–water partition coefficient (Wildman–Crippen LogP) is 2.69. The van der Waals surface area contributed by atoms with Gasteiger partial charge in [0.1, 0.15) is 0 Å². The van der Waals surface area contributed by atoms with Crippen LogP contribution in [0.4, 0.5) is 0 Å².